The van der Waals surface area contributed by atoms with E-state index in [2.05, 4.69) is 24.3 Å². The molecule has 1 saturated carbocycles. The third kappa shape index (κ3) is 1.55. The zero-order chi connectivity index (χ0) is 10.2. The van der Waals surface area contributed by atoms with Crippen LogP contribution in [0.25, 0.3) is 0 Å². The Labute approximate surface area is 83.3 Å². The van der Waals surface area contributed by atoms with Crippen LogP contribution in [0.4, 0.5) is 0 Å². The molecule has 4 nitrogen and oxygen atoms in total. The molecule has 0 bridgehead atoms. The predicted molar refractivity (Wildman–Crippen MR) is 51.5 cm³/mol. The molecule has 4 heteroatoms. The highest BCUT2D eigenvalue weighted by molar-refractivity contribution is 5.03. The first-order chi connectivity index (χ1) is 6.60. The van der Waals surface area contributed by atoms with Gasteiger partial charge in [0.2, 0.25) is 0 Å². The fourth-order valence-electron chi connectivity index (χ4n) is 1.81. The van der Waals surface area contributed by atoms with E-state index in [1.807, 2.05) is 6.07 Å². The summed E-state index contributed by atoms with van der Waals surface area (Å²) in [6.45, 7) is 4.82. The van der Waals surface area contributed by atoms with Gasteiger partial charge in [-0.1, -0.05) is 19.0 Å². The second-order valence-electron chi connectivity index (χ2n) is 4.49. The molecule has 1 aliphatic rings. The quantitative estimate of drug-likeness (QED) is 0.755. The minimum Gasteiger partial charge on any atom is -0.392 e. The lowest BCUT2D eigenvalue weighted by molar-refractivity contribution is -0.0734. The maximum Gasteiger partial charge on any atom is 0.150 e. The Hall–Kier alpha value is -0.870. The molecule has 0 aromatic carbocycles. The van der Waals surface area contributed by atoms with Crippen LogP contribution in [0.15, 0.2) is 16.8 Å². The predicted octanol–water partition coefficient (Wildman–Crippen LogP) is 0.924. The largest absolute Gasteiger partial charge is 0.392 e. The van der Waals surface area contributed by atoms with Crippen LogP contribution in [0, 0.1) is 5.41 Å². The molecule has 0 aliphatic heterocycles. The van der Waals surface area contributed by atoms with Gasteiger partial charge in [0.05, 0.1) is 18.8 Å². The number of rotatable bonds is 3. The summed E-state index contributed by atoms with van der Waals surface area (Å²) in [5.74, 6) is 0.835. The van der Waals surface area contributed by atoms with Crippen LogP contribution in [-0.2, 0) is 6.54 Å². The SMILES string of the molecule is CC1(C)C(O)CC1NCc1ccno1. The van der Waals surface area contributed by atoms with Gasteiger partial charge in [-0.15, -0.1) is 0 Å². The van der Waals surface area contributed by atoms with Crippen molar-refractivity contribution in [2.75, 3.05) is 0 Å². The number of hydrogen-bond donors (Lipinski definition) is 2. The molecule has 2 unspecified atom stereocenters. The summed E-state index contributed by atoms with van der Waals surface area (Å²) >= 11 is 0. The molecule has 0 radical (unpaired) electrons. The van der Waals surface area contributed by atoms with Gasteiger partial charge >= 0.3 is 0 Å². The van der Waals surface area contributed by atoms with E-state index in [0.717, 1.165) is 12.2 Å². The zero-order valence-corrected chi connectivity index (χ0v) is 8.53. The maximum atomic E-state index is 9.53. The minimum absolute atomic E-state index is 0.0278. The monoisotopic (exact) mass is 196 g/mol. The van der Waals surface area contributed by atoms with Gasteiger partial charge in [0.1, 0.15) is 5.76 Å². The number of nitrogens with one attached hydrogen (secondary N) is 1. The van der Waals surface area contributed by atoms with Crippen molar-refractivity contribution >= 4 is 0 Å². The average molecular weight is 196 g/mol. The van der Waals surface area contributed by atoms with Crippen molar-refractivity contribution in [2.24, 2.45) is 5.41 Å². The van der Waals surface area contributed by atoms with Gasteiger partial charge in [-0.05, 0) is 6.42 Å². The van der Waals surface area contributed by atoms with Crippen molar-refractivity contribution in [2.45, 2.75) is 39.0 Å². The Morgan fingerprint density at radius 3 is 3.00 bits per heavy atom. The first kappa shape index (κ1) is 9.68. The van der Waals surface area contributed by atoms with Crippen LogP contribution in [0.5, 0.6) is 0 Å². The number of nitrogens with zero attached hydrogens (tertiary/aromatic N) is 1. The van der Waals surface area contributed by atoms with Crippen molar-refractivity contribution in [3.63, 3.8) is 0 Å². The fourth-order valence-corrected chi connectivity index (χ4v) is 1.81. The molecule has 1 aromatic rings. The van der Waals surface area contributed by atoms with Crippen molar-refractivity contribution in [1.82, 2.24) is 10.5 Å². The molecule has 1 aromatic heterocycles. The van der Waals surface area contributed by atoms with Gasteiger partial charge in [0.25, 0.3) is 0 Å². The van der Waals surface area contributed by atoms with Crippen LogP contribution in [0.3, 0.4) is 0 Å². The summed E-state index contributed by atoms with van der Waals surface area (Å²) in [6.07, 6.45) is 2.27. The summed E-state index contributed by atoms with van der Waals surface area (Å²) in [6, 6.07) is 2.21. The molecule has 1 heterocycles. The Morgan fingerprint density at radius 1 is 1.71 bits per heavy atom. The van der Waals surface area contributed by atoms with E-state index >= 15 is 0 Å². The fraction of sp³-hybridized carbons (Fsp3) is 0.700. The topological polar surface area (TPSA) is 58.3 Å². The smallest absolute Gasteiger partial charge is 0.150 e. The van der Waals surface area contributed by atoms with E-state index in [1.54, 1.807) is 6.20 Å². The first-order valence-electron chi connectivity index (χ1n) is 4.91. The van der Waals surface area contributed by atoms with Crippen LogP contribution in [-0.4, -0.2) is 22.4 Å². The van der Waals surface area contributed by atoms with E-state index in [1.165, 1.54) is 0 Å². The highest BCUT2D eigenvalue weighted by atomic mass is 16.5. The van der Waals surface area contributed by atoms with Gasteiger partial charge in [0.15, 0.2) is 0 Å². The van der Waals surface area contributed by atoms with Crippen LogP contribution in [0.2, 0.25) is 0 Å². The van der Waals surface area contributed by atoms with Gasteiger partial charge in [0, 0.05) is 17.5 Å². The van der Waals surface area contributed by atoms with E-state index in [0.29, 0.717) is 12.6 Å². The molecular weight excluding hydrogens is 180 g/mol. The molecule has 2 atom stereocenters. The summed E-state index contributed by atoms with van der Waals surface area (Å²) in [7, 11) is 0. The Bertz CT molecular complexity index is 295. The van der Waals surface area contributed by atoms with Crippen molar-refractivity contribution in [3.8, 4) is 0 Å². The van der Waals surface area contributed by atoms with E-state index in [9.17, 15) is 5.11 Å². The second kappa shape index (κ2) is 3.37. The lowest BCUT2D eigenvalue weighted by Crippen LogP contribution is -2.59. The lowest BCUT2D eigenvalue weighted by Gasteiger charge is -2.49. The summed E-state index contributed by atoms with van der Waals surface area (Å²) in [5, 5.41) is 16.5. The Balaban J connectivity index is 1.83. The Kier molecular flexibility index (Phi) is 2.33. The standard InChI is InChI=1S/C10H16N2O2/c1-10(2)8(5-9(10)13)11-6-7-3-4-12-14-7/h3-4,8-9,11,13H,5-6H2,1-2H3. The molecule has 0 amide bonds. The molecule has 78 valence electrons. The van der Waals surface area contributed by atoms with Gasteiger partial charge < -0.3 is 14.9 Å². The molecule has 14 heavy (non-hydrogen) atoms. The van der Waals surface area contributed by atoms with Crippen LogP contribution in [0.1, 0.15) is 26.0 Å². The third-order valence-corrected chi connectivity index (χ3v) is 3.23. The molecule has 1 fully saturated rings. The van der Waals surface area contributed by atoms with Gasteiger partial charge in [-0.2, -0.15) is 0 Å². The number of hydrogen-bond acceptors (Lipinski definition) is 4. The molecule has 2 N–H and O–H groups in total. The summed E-state index contributed by atoms with van der Waals surface area (Å²) in [4.78, 5) is 0. The molecular formula is C10H16N2O2. The van der Waals surface area contributed by atoms with E-state index in [-0.39, 0.29) is 11.5 Å². The van der Waals surface area contributed by atoms with Crippen molar-refractivity contribution < 1.29 is 9.63 Å². The van der Waals surface area contributed by atoms with E-state index in [4.69, 9.17) is 4.52 Å². The third-order valence-electron chi connectivity index (χ3n) is 3.23. The normalized spacial score (nSPS) is 29.9. The minimum atomic E-state index is -0.185. The molecule has 0 spiro atoms. The van der Waals surface area contributed by atoms with Crippen LogP contribution >= 0.6 is 0 Å². The Morgan fingerprint density at radius 2 is 2.50 bits per heavy atom. The highest BCUT2D eigenvalue weighted by Gasteiger charge is 2.46. The molecule has 2 rings (SSSR count). The highest BCUT2D eigenvalue weighted by Crippen LogP contribution is 2.40. The van der Waals surface area contributed by atoms with Crippen molar-refractivity contribution in [1.29, 1.82) is 0 Å². The molecule has 1 aliphatic carbocycles. The van der Waals surface area contributed by atoms with Gasteiger partial charge in [-0.3, -0.25) is 0 Å². The average Bonchev–Trinajstić information content (AvgIpc) is 2.64. The summed E-state index contributed by atoms with van der Waals surface area (Å²) < 4.78 is 4.97. The summed E-state index contributed by atoms with van der Waals surface area (Å²) in [5.41, 5.74) is -0.0278. The maximum absolute atomic E-state index is 9.53. The first-order valence-corrected chi connectivity index (χ1v) is 4.91. The van der Waals surface area contributed by atoms with Crippen molar-refractivity contribution in [3.05, 3.63) is 18.0 Å². The number of aromatic nitrogens is 1. The zero-order valence-electron chi connectivity index (χ0n) is 8.53. The lowest BCUT2D eigenvalue weighted by atomic mass is 9.64. The number of aliphatic hydroxyl groups is 1. The number of aliphatic hydroxyl groups excluding tert-OH is 1. The van der Waals surface area contributed by atoms with Gasteiger partial charge in [-0.25, -0.2) is 0 Å². The molecule has 0 saturated heterocycles. The second-order valence-corrected chi connectivity index (χ2v) is 4.49. The van der Waals surface area contributed by atoms with Crippen LogP contribution < -0.4 is 5.32 Å². The van der Waals surface area contributed by atoms with E-state index < -0.39 is 0 Å².